The molecule has 1 heterocycles. The van der Waals surface area contributed by atoms with Gasteiger partial charge < -0.3 is 9.11 Å². The van der Waals surface area contributed by atoms with Gasteiger partial charge in [-0.1, -0.05) is 76.6 Å². The van der Waals surface area contributed by atoms with Gasteiger partial charge in [0.2, 0.25) is 0 Å². The highest BCUT2D eigenvalue weighted by molar-refractivity contribution is 7.86. The molecule has 54 heavy (non-hydrogen) atoms. The van der Waals surface area contributed by atoms with Gasteiger partial charge in [0.15, 0.2) is 12.4 Å². The van der Waals surface area contributed by atoms with Crippen LogP contribution in [-0.2, 0) is 65.2 Å². The molecule has 0 unspecified atom stereocenters. The van der Waals surface area contributed by atoms with Gasteiger partial charge in [0.1, 0.15) is 20.2 Å². The zero-order chi connectivity index (χ0) is 40.6. The summed E-state index contributed by atoms with van der Waals surface area (Å²) in [6.45, 7) is 4.30. The summed E-state index contributed by atoms with van der Waals surface area (Å²) in [5.41, 5.74) is 4.62. The van der Waals surface area contributed by atoms with Gasteiger partial charge in [-0.25, -0.2) is 21.8 Å². The summed E-state index contributed by atoms with van der Waals surface area (Å²) in [5.74, 6) is 2.90. The second kappa shape index (κ2) is 28.5. The minimum absolute atomic E-state index is 0.0895. The first-order chi connectivity index (χ1) is 25.7. The Labute approximate surface area is 354 Å². The maximum absolute atomic E-state index is 11.7. The molecule has 4 rings (SSSR count). The van der Waals surface area contributed by atoms with Gasteiger partial charge in [-0.05, 0) is 89.8 Å². The molecule has 1 aromatic heterocycles. The largest absolute Gasteiger partial charge is 0.744 e. The van der Waals surface area contributed by atoms with Gasteiger partial charge in [-0.2, -0.15) is 0 Å². The lowest BCUT2D eigenvalue weighted by Crippen LogP contribution is -2.15. The van der Waals surface area contributed by atoms with Crippen LogP contribution in [0, 0.1) is 5.92 Å². The Hall–Kier alpha value is -0.850. The smallest absolute Gasteiger partial charge is 0.166 e. The summed E-state index contributed by atoms with van der Waals surface area (Å²) in [6, 6.07) is 11.1. The van der Waals surface area contributed by atoms with Crippen LogP contribution in [0.1, 0.15) is 91.3 Å². The van der Waals surface area contributed by atoms with E-state index in [1.54, 1.807) is 18.2 Å². The first-order valence-corrected chi connectivity index (χ1v) is 24.3. The highest BCUT2D eigenvalue weighted by Gasteiger charge is 2.21. The zero-order valence-electron chi connectivity index (χ0n) is 31.2. The van der Waals surface area contributed by atoms with E-state index < -0.39 is 20.2 Å². The number of hydrogen-bond acceptors (Lipinski definition) is 6. The van der Waals surface area contributed by atoms with Crippen molar-refractivity contribution in [3.05, 3.63) is 87.7 Å². The molecule has 2 aromatic carbocycles. The fourth-order valence-electron chi connectivity index (χ4n) is 6.37. The van der Waals surface area contributed by atoms with Crippen LogP contribution in [-0.4, -0.2) is 61.2 Å². The molecule has 1 saturated carbocycles. The Morgan fingerprint density at radius 2 is 1.02 bits per heavy atom. The lowest BCUT2D eigenvalue weighted by Gasteiger charge is -2.23. The molecule has 3 aromatic rings. The number of H-pyrrole nitrogens is 1. The lowest BCUT2D eigenvalue weighted by molar-refractivity contribution is -0.377. The molecule has 0 spiro atoms. The van der Waals surface area contributed by atoms with E-state index in [1.807, 2.05) is 37.5 Å². The van der Waals surface area contributed by atoms with E-state index in [4.69, 9.17) is 69.6 Å². The topological polar surface area (TPSA) is 129 Å². The van der Waals surface area contributed by atoms with Gasteiger partial charge in [-0.15, -0.1) is 69.6 Å². The van der Waals surface area contributed by atoms with E-state index in [0.29, 0.717) is 78.4 Å². The molecule has 0 saturated heterocycles. The highest BCUT2D eigenvalue weighted by Crippen LogP contribution is 2.31. The average Bonchev–Trinajstić information content (AvgIpc) is 3.11. The van der Waals surface area contributed by atoms with E-state index in [-0.39, 0.29) is 33.9 Å². The third-order valence-corrected chi connectivity index (χ3v) is 11.8. The number of aromatic amines is 1. The van der Waals surface area contributed by atoms with Gasteiger partial charge in [-0.3, -0.25) is 0 Å². The molecule has 1 aliphatic rings. The number of benzene rings is 2. The van der Waals surface area contributed by atoms with Crippen molar-refractivity contribution >= 4 is 89.8 Å². The molecule has 0 bridgehead atoms. The van der Waals surface area contributed by atoms with Crippen LogP contribution < -0.4 is 4.98 Å². The molecule has 15 heteroatoms. The Balaban J connectivity index is 0.000000406. The van der Waals surface area contributed by atoms with Crippen LogP contribution in [0.5, 0.6) is 0 Å². The Morgan fingerprint density at radius 1 is 0.574 bits per heavy atom. The van der Waals surface area contributed by atoms with E-state index in [0.717, 1.165) is 29.0 Å². The van der Waals surface area contributed by atoms with E-state index in [2.05, 4.69) is 11.9 Å². The van der Waals surface area contributed by atoms with Crippen molar-refractivity contribution in [2.24, 2.45) is 5.92 Å². The molecule has 0 atom stereocenters. The van der Waals surface area contributed by atoms with Crippen molar-refractivity contribution in [1.29, 1.82) is 0 Å². The van der Waals surface area contributed by atoms with Crippen LogP contribution in [0.3, 0.4) is 0 Å². The molecule has 7 nitrogen and oxygen atoms in total. The van der Waals surface area contributed by atoms with Crippen LogP contribution in [0.4, 0.5) is 0 Å². The van der Waals surface area contributed by atoms with E-state index in [9.17, 15) is 25.9 Å². The van der Waals surface area contributed by atoms with Crippen molar-refractivity contribution in [3.8, 4) is 0 Å². The molecule has 306 valence electrons. The molecule has 0 aliphatic heterocycles. The standard InChI is InChI=1S/C14H18Cl4O3S.C13H18Cl2O3S.C7H14.C5H5N/c15-5-1-10-9-11(2-6-16)14(22(19,20)21)13(4-8-18)12(10)3-7-17;1-2-3-11-8-10(4-6-14)9-12(5-7-15)13(11)19(16,17)18;1-7-5-3-2-4-6-7;1-2-4-6-5-3-1/h9H,1-8H2,(H,19,20,21);8-9H,2-7H2,1H3,(H,16,17,18);7H,2-6H2,1H3;1-5H/p-1. The zero-order valence-corrected chi connectivity index (χ0v) is 37.3. The van der Waals surface area contributed by atoms with Crippen molar-refractivity contribution in [3.63, 3.8) is 0 Å². The Kier molecular flexibility index (Phi) is 27.0. The fraction of sp³-hybridized carbons (Fsp3) is 0.564. The quantitative estimate of drug-likeness (QED) is 0.104. The minimum atomic E-state index is -4.62. The van der Waals surface area contributed by atoms with Crippen LogP contribution >= 0.6 is 69.6 Å². The molecular formula is C39H54Cl6NO6S2-. The second-order valence-electron chi connectivity index (χ2n) is 12.8. The summed E-state index contributed by atoms with van der Waals surface area (Å²) in [6.07, 6.45) is 15.1. The van der Waals surface area contributed by atoms with E-state index in [1.165, 1.54) is 32.1 Å². The van der Waals surface area contributed by atoms with Crippen LogP contribution in [0.25, 0.3) is 0 Å². The minimum Gasteiger partial charge on any atom is -0.744 e. The van der Waals surface area contributed by atoms with Crippen molar-refractivity contribution in [2.45, 2.75) is 107 Å². The molecule has 1 N–H and O–H groups in total. The summed E-state index contributed by atoms with van der Waals surface area (Å²) in [5, 5.41) is 0. The first-order valence-electron chi connectivity index (χ1n) is 18.2. The van der Waals surface area contributed by atoms with Crippen molar-refractivity contribution in [2.75, 3.05) is 35.3 Å². The maximum atomic E-state index is 11.7. The molecular weight excluding hydrogens is 855 g/mol. The predicted molar refractivity (Wildman–Crippen MR) is 225 cm³/mol. The van der Waals surface area contributed by atoms with Gasteiger partial charge in [0, 0.05) is 47.4 Å². The molecule has 0 radical (unpaired) electrons. The number of aryl methyl sites for hydroxylation is 5. The van der Waals surface area contributed by atoms with Crippen LogP contribution in [0.15, 0.2) is 58.6 Å². The van der Waals surface area contributed by atoms with Crippen molar-refractivity contribution in [1.82, 2.24) is 0 Å². The number of hydrogen-bond donors (Lipinski definition) is 0. The number of halogens is 6. The lowest BCUT2D eigenvalue weighted by atomic mass is 9.91. The summed E-state index contributed by atoms with van der Waals surface area (Å²) in [4.78, 5) is 2.62. The average molecular weight is 910 g/mol. The summed E-state index contributed by atoms with van der Waals surface area (Å²) < 4.78 is 69.7. The normalized spacial score (nSPS) is 13.1. The maximum Gasteiger partial charge on any atom is 0.166 e. The summed E-state index contributed by atoms with van der Waals surface area (Å²) in [7, 11) is -9.11. The monoisotopic (exact) mass is 906 g/mol. The molecule has 1 aliphatic carbocycles. The van der Waals surface area contributed by atoms with Gasteiger partial charge >= 0.3 is 0 Å². The van der Waals surface area contributed by atoms with Crippen LogP contribution in [0.2, 0.25) is 0 Å². The molecule has 0 amide bonds. The highest BCUT2D eigenvalue weighted by atomic mass is 35.5. The Bertz CT molecular complexity index is 1650. The van der Waals surface area contributed by atoms with Gasteiger partial charge in [0.25, 0.3) is 0 Å². The third kappa shape index (κ3) is 19.1. The predicted octanol–water partition coefficient (Wildman–Crippen LogP) is 9.91. The SMILES string of the molecule is CC1CCCCC1.CCCc1cc(CCCl)cc(CCCl)c1S(=O)(=O)[O-].O=S(=O)([O-])c1c(CCCl)cc(CCCl)c(CCCl)c1CCCl.c1cc[nH+]cc1. The first kappa shape index (κ1) is 51.2. The second-order valence-corrected chi connectivity index (χ2v) is 17.7. The fourth-order valence-corrected chi connectivity index (χ4v) is 9.55. The van der Waals surface area contributed by atoms with E-state index >= 15 is 0 Å². The van der Waals surface area contributed by atoms with Crippen molar-refractivity contribution < 1.29 is 30.9 Å². The summed E-state index contributed by atoms with van der Waals surface area (Å²) >= 11 is 34.6. The number of rotatable bonds is 16. The number of nitrogens with one attached hydrogen (secondary N) is 1. The van der Waals surface area contributed by atoms with Gasteiger partial charge in [0.05, 0.1) is 9.79 Å². The number of aromatic nitrogens is 1. The third-order valence-electron chi connectivity index (χ3n) is 8.65. The number of alkyl halides is 6. The number of pyridine rings is 1. The Morgan fingerprint density at radius 3 is 1.39 bits per heavy atom. The molecule has 1 fully saturated rings.